The Bertz CT molecular complexity index is 190. The summed E-state index contributed by atoms with van der Waals surface area (Å²) in [6.07, 6.45) is 10.4. The molecule has 0 amide bonds. The average Bonchev–Trinajstić information content (AvgIpc) is 2.65. The number of hydrogen-bond donors (Lipinski definition) is 0. The molecule has 1 aliphatic rings. The molecule has 0 aromatic carbocycles. The first-order valence-corrected chi connectivity index (χ1v) is 6.04. The minimum atomic E-state index is 0.357. The van der Waals surface area contributed by atoms with E-state index in [2.05, 4.69) is 41.1 Å². The van der Waals surface area contributed by atoms with Crippen LogP contribution in [0.4, 0.5) is 0 Å². The summed E-state index contributed by atoms with van der Waals surface area (Å²) in [6.45, 7) is 3.09. The quantitative estimate of drug-likeness (QED) is 0.544. The standard InChI is InChI=1S/C11H17BrO/c1-2-5-10(6-3-8-12)11-7-4-9-13-11/h3,5-6,11H,2,4,7-9H2,1H3/b6-3-,10-5+. The highest BCUT2D eigenvalue weighted by atomic mass is 79.9. The van der Waals surface area contributed by atoms with Crippen LogP contribution in [0, 0.1) is 0 Å². The molecule has 1 rings (SSSR count). The van der Waals surface area contributed by atoms with E-state index in [0.29, 0.717) is 6.10 Å². The van der Waals surface area contributed by atoms with Crippen molar-refractivity contribution in [2.45, 2.75) is 32.3 Å². The summed E-state index contributed by atoms with van der Waals surface area (Å²) in [7, 11) is 0. The first-order chi connectivity index (χ1) is 6.38. The lowest BCUT2D eigenvalue weighted by Crippen LogP contribution is -2.07. The molecule has 1 nitrogen and oxygen atoms in total. The molecule has 0 aromatic heterocycles. The molecule has 1 atom stereocenters. The number of ether oxygens (including phenoxy) is 1. The smallest absolute Gasteiger partial charge is 0.0822 e. The second-order valence-corrected chi connectivity index (χ2v) is 3.82. The molecule has 1 fully saturated rings. The van der Waals surface area contributed by atoms with Gasteiger partial charge in [-0.3, -0.25) is 0 Å². The van der Waals surface area contributed by atoms with Gasteiger partial charge in [0.1, 0.15) is 0 Å². The Morgan fingerprint density at radius 3 is 3.00 bits per heavy atom. The van der Waals surface area contributed by atoms with Crippen molar-refractivity contribution in [1.82, 2.24) is 0 Å². The van der Waals surface area contributed by atoms with Crippen LogP contribution in [0.25, 0.3) is 0 Å². The Morgan fingerprint density at radius 1 is 1.62 bits per heavy atom. The van der Waals surface area contributed by atoms with Crippen molar-refractivity contribution >= 4 is 15.9 Å². The topological polar surface area (TPSA) is 9.23 Å². The van der Waals surface area contributed by atoms with Gasteiger partial charge in [-0.15, -0.1) is 0 Å². The molecule has 0 radical (unpaired) electrons. The van der Waals surface area contributed by atoms with Crippen LogP contribution in [0.1, 0.15) is 26.2 Å². The van der Waals surface area contributed by atoms with E-state index in [0.717, 1.165) is 18.4 Å². The normalized spacial score (nSPS) is 24.5. The van der Waals surface area contributed by atoms with E-state index in [1.807, 2.05) is 0 Å². The maximum Gasteiger partial charge on any atom is 0.0822 e. The highest BCUT2D eigenvalue weighted by Gasteiger charge is 2.17. The fourth-order valence-electron chi connectivity index (χ4n) is 1.56. The zero-order valence-electron chi connectivity index (χ0n) is 8.13. The summed E-state index contributed by atoms with van der Waals surface area (Å²) < 4.78 is 5.63. The predicted molar refractivity (Wildman–Crippen MR) is 60.3 cm³/mol. The minimum Gasteiger partial charge on any atom is -0.374 e. The molecule has 0 aromatic rings. The third kappa shape index (κ3) is 3.65. The molecule has 0 bridgehead atoms. The fraction of sp³-hybridized carbons (Fsp3) is 0.636. The molecule has 0 N–H and O–H groups in total. The molecular formula is C11H17BrO. The predicted octanol–water partition coefficient (Wildman–Crippen LogP) is 3.45. The first-order valence-electron chi connectivity index (χ1n) is 4.92. The summed E-state index contributed by atoms with van der Waals surface area (Å²) in [6, 6.07) is 0. The number of alkyl halides is 1. The summed E-state index contributed by atoms with van der Waals surface area (Å²) in [4.78, 5) is 0. The highest BCUT2D eigenvalue weighted by molar-refractivity contribution is 9.09. The van der Waals surface area contributed by atoms with Crippen LogP contribution >= 0.6 is 15.9 Å². The maximum absolute atomic E-state index is 5.63. The van der Waals surface area contributed by atoms with Crippen molar-refractivity contribution in [1.29, 1.82) is 0 Å². The van der Waals surface area contributed by atoms with E-state index in [9.17, 15) is 0 Å². The second-order valence-electron chi connectivity index (χ2n) is 3.17. The van der Waals surface area contributed by atoms with Gasteiger partial charge in [-0.1, -0.05) is 41.1 Å². The van der Waals surface area contributed by atoms with Gasteiger partial charge in [0.2, 0.25) is 0 Å². The third-order valence-corrected chi connectivity index (χ3v) is 2.51. The number of rotatable bonds is 4. The van der Waals surface area contributed by atoms with Crippen molar-refractivity contribution in [2.75, 3.05) is 11.9 Å². The number of hydrogen-bond acceptors (Lipinski definition) is 1. The Morgan fingerprint density at radius 2 is 2.46 bits per heavy atom. The van der Waals surface area contributed by atoms with E-state index in [1.54, 1.807) is 0 Å². The molecule has 0 spiro atoms. The largest absolute Gasteiger partial charge is 0.374 e. The Balaban J connectivity index is 2.55. The average molecular weight is 245 g/mol. The Labute approximate surface area is 89.0 Å². The van der Waals surface area contributed by atoms with E-state index in [4.69, 9.17) is 4.74 Å². The second kappa shape index (κ2) is 6.39. The van der Waals surface area contributed by atoms with Gasteiger partial charge >= 0.3 is 0 Å². The third-order valence-electron chi connectivity index (χ3n) is 2.14. The van der Waals surface area contributed by atoms with Crippen molar-refractivity contribution in [2.24, 2.45) is 0 Å². The van der Waals surface area contributed by atoms with Crippen LogP contribution in [-0.4, -0.2) is 18.0 Å². The summed E-state index contributed by atoms with van der Waals surface area (Å²) >= 11 is 3.38. The van der Waals surface area contributed by atoms with Crippen molar-refractivity contribution in [3.63, 3.8) is 0 Å². The zero-order chi connectivity index (χ0) is 9.52. The number of halogens is 1. The van der Waals surface area contributed by atoms with Gasteiger partial charge in [0.05, 0.1) is 6.10 Å². The molecule has 13 heavy (non-hydrogen) atoms. The molecule has 2 heteroatoms. The highest BCUT2D eigenvalue weighted by Crippen LogP contribution is 2.21. The maximum atomic E-state index is 5.63. The lowest BCUT2D eigenvalue weighted by Gasteiger charge is -2.10. The first kappa shape index (κ1) is 11.0. The molecule has 74 valence electrons. The van der Waals surface area contributed by atoms with Gasteiger partial charge in [0.15, 0.2) is 0 Å². The van der Waals surface area contributed by atoms with Gasteiger partial charge in [0.25, 0.3) is 0 Å². The van der Waals surface area contributed by atoms with Crippen LogP contribution in [0.15, 0.2) is 23.8 Å². The summed E-state index contributed by atoms with van der Waals surface area (Å²) in [5.41, 5.74) is 1.35. The number of allylic oxidation sites excluding steroid dienone is 2. The van der Waals surface area contributed by atoms with E-state index >= 15 is 0 Å². The van der Waals surface area contributed by atoms with Gasteiger partial charge in [-0.05, 0) is 24.8 Å². The molecule has 0 saturated carbocycles. The van der Waals surface area contributed by atoms with E-state index in [-0.39, 0.29) is 0 Å². The van der Waals surface area contributed by atoms with Crippen LogP contribution < -0.4 is 0 Å². The van der Waals surface area contributed by atoms with Crippen LogP contribution in [-0.2, 0) is 4.74 Å². The zero-order valence-corrected chi connectivity index (χ0v) is 9.72. The van der Waals surface area contributed by atoms with Crippen LogP contribution in [0.3, 0.4) is 0 Å². The lowest BCUT2D eigenvalue weighted by molar-refractivity contribution is 0.139. The molecule has 0 aliphatic carbocycles. The van der Waals surface area contributed by atoms with Crippen molar-refractivity contribution in [3.8, 4) is 0 Å². The van der Waals surface area contributed by atoms with Crippen molar-refractivity contribution < 1.29 is 4.74 Å². The van der Waals surface area contributed by atoms with Gasteiger partial charge < -0.3 is 4.74 Å². The van der Waals surface area contributed by atoms with Crippen molar-refractivity contribution in [3.05, 3.63) is 23.8 Å². The molecule has 1 saturated heterocycles. The SMILES string of the molecule is CC/C=C(\C=C/CBr)C1CCCO1. The molecule has 1 aliphatic heterocycles. The minimum absolute atomic E-state index is 0.357. The summed E-state index contributed by atoms with van der Waals surface area (Å²) in [5.74, 6) is 0. The fourth-order valence-corrected chi connectivity index (χ4v) is 1.75. The lowest BCUT2D eigenvalue weighted by atomic mass is 10.1. The van der Waals surface area contributed by atoms with Crippen LogP contribution in [0.5, 0.6) is 0 Å². The van der Waals surface area contributed by atoms with E-state index in [1.165, 1.54) is 18.4 Å². The Kier molecular flexibility index (Phi) is 5.40. The Hall–Kier alpha value is -0.0800. The monoisotopic (exact) mass is 244 g/mol. The van der Waals surface area contributed by atoms with Gasteiger partial charge in [-0.2, -0.15) is 0 Å². The van der Waals surface area contributed by atoms with Crippen LogP contribution in [0.2, 0.25) is 0 Å². The van der Waals surface area contributed by atoms with E-state index < -0.39 is 0 Å². The molecular weight excluding hydrogens is 228 g/mol. The molecule has 1 unspecified atom stereocenters. The van der Waals surface area contributed by atoms with Gasteiger partial charge in [-0.25, -0.2) is 0 Å². The molecule has 1 heterocycles. The summed E-state index contributed by atoms with van der Waals surface area (Å²) in [5, 5.41) is 0.917. The van der Waals surface area contributed by atoms with Gasteiger partial charge in [0, 0.05) is 11.9 Å².